The van der Waals surface area contributed by atoms with Crippen molar-refractivity contribution in [2.75, 3.05) is 0 Å². The Hall–Kier alpha value is -1.23. The van der Waals surface area contributed by atoms with Crippen LogP contribution in [-0.4, -0.2) is 14.3 Å². The third kappa shape index (κ3) is 1.33. The Morgan fingerprint density at radius 1 is 1.43 bits per heavy atom. The van der Waals surface area contributed by atoms with Gasteiger partial charge in [-0.1, -0.05) is 20.8 Å². The van der Waals surface area contributed by atoms with Crippen molar-refractivity contribution in [2.45, 2.75) is 26.2 Å². The molecular weight excluding hydrogens is 198 g/mol. The van der Waals surface area contributed by atoms with E-state index in [9.17, 15) is 4.79 Å². The molecule has 14 heavy (non-hydrogen) atoms. The Balaban J connectivity index is 2.87. The third-order valence-corrected chi connectivity index (χ3v) is 2.75. The summed E-state index contributed by atoms with van der Waals surface area (Å²) in [5.41, 5.74) is 0.606. The molecule has 0 aliphatic rings. The fraction of sp³-hybridized carbons (Fsp3) is 0.444. The van der Waals surface area contributed by atoms with E-state index >= 15 is 0 Å². The zero-order valence-corrected chi connectivity index (χ0v) is 9.10. The standard InChI is InChI=1S/C9H11N3OS/c1-9(2,3)6-5-7(13)10-4-11-8(5)14-12-6/h4H,1-3H3,(H,10,11,13). The van der Waals surface area contributed by atoms with Gasteiger partial charge in [0, 0.05) is 5.41 Å². The lowest BCUT2D eigenvalue weighted by Crippen LogP contribution is -2.16. The Labute approximate surface area is 85.2 Å². The zero-order chi connectivity index (χ0) is 10.3. The molecule has 2 rings (SSSR count). The summed E-state index contributed by atoms with van der Waals surface area (Å²) in [6, 6.07) is 0. The van der Waals surface area contributed by atoms with Gasteiger partial charge in [-0.05, 0) is 11.5 Å². The third-order valence-electron chi connectivity index (χ3n) is 1.99. The second kappa shape index (κ2) is 2.88. The lowest BCUT2D eigenvalue weighted by atomic mass is 9.91. The van der Waals surface area contributed by atoms with Crippen LogP contribution in [0.4, 0.5) is 0 Å². The maximum atomic E-state index is 11.6. The number of rotatable bonds is 0. The second-order valence-electron chi connectivity index (χ2n) is 4.19. The van der Waals surface area contributed by atoms with Gasteiger partial charge in [0.2, 0.25) is 0 Å². The Kier molecular flexibility index (Phi) is 1.92. The van der Waals surface area contributed by atoms with Crippen molar-refractivity contribution >= 4 is 21.7 Å². The topological polar surface area (TPSA) is 58.6 Å². The summed E-state index contributed by atoms with van der Waals surface area (Å²) in [6.45, 7) is 6.11. The van der Waals surface area contributed by atoms with Gasteiger partial charge >= 0.3 is 0 Å². The van der Waals surface area contributed by atoms with E-state index in [1.807, 2.05) is 20.8 Å². The molecule has 5 heteroatoms. The lowest BCUT2D eigenvalue weighted by molar-refractivity contribution is 0.581. The minimum absolute atomic E-state index is 0.103. The molecule has 0 aromatic carbocycles. The van der Waals surface area contributed by atoms with Gasteiger partial charge in [-0.25, -0.2) is 4.98 Å². The van der Waals surface area contributed by atoms with Crippen LogP contribution in [0.5, 0.6) is 0 Å². The van der Waals surface area contributed by atoms with Gasteiger partial charge in [0.05, 0.1) is 12.0 Å². The number of aromatic amines is 1. The minimum Gasteiger partial charge on any atom is -0.312 e. The Bertz CT molecular complexity index is 521. The molecule has 2 heterocycles. The van der Waals surface area contributed by atoms with Crippen molar-refractivity contribution < 1.29 is 0 Å². The van der Waals surface area contributed by atoms with E-state index in [0.29, 0.717) is 10.2 Å². The monoisotopic (exact) mass is 209 g/mol. The van der Waals surface area contributed by atoms with Crippen LogP contribution in [0.3, 0.4) is 0 Å². The first-order valence-electron chi connectivity index (χ1n) is 4.33. The van der Waals surface area contributed by atoms with E-state index in [0.717, 1.165) is 5.69 Å². The van der Waals surface area contributed by atoms with Crippen LogP contribution in [0.2, 0.25) is 0 Å². The van der Waals surface area contributed by atoms with E-state index in [2.05, 4.69) is 14.3 Å². The van der Waals surface area contributed by atoms with E-state index in [-0.39, 0.29) is 11.0 Å². The maximum absolute atomic E-state index is 11.6. The molecule has 0 saturated carbocycles. The number of nitrogens with zero attached hydrogens (tertiary/aromatic N) is 2. The molecule has 2 aromatic rings. The fourth-order valence-electron chi connectivity index (χ4n) is 1.31. The first-order valence-corrected chi connectivity index (χ1v) is 5.11. The van der Waals surface area contributed by atoms with Gasteiger partial charge in [0.1, 0.15) is 5.39 Å². The Morgan fingerprint density at radius 3 is 2.79 bits per heavy atom. The molecule has 0 amide bonds. The lowest BCUT2D eigenvalue weighted by Gasteiger charge is -2.14. The van der Waals surface area contributed by atoms with Crippen LogP contribution in [0.25, 0.3) is 10.2 Å². The molecule has 4 nitrogen and oxygen atoms in total. The highest BCUT2D eigenvalue weighted by atomic mass is 32.1. The van der Waals surface area contributed by atoms with Crippen LogP contribution in [0.15, 0.2) is 11.1 Å². The summed E-state index contributed by atoms with van der Waals surface area (Å²) in [6.07, 6.45) is 1.41. The number of H-pyrrole nitrogens is 1. The van der Waals surface area contributed by atoms with Crippen molar-refractivity contribution in [3.63, 3.8) is 0 Å². The molecular formula is C9H11N3OS. The molecule has 0 spiro atoms. The predicted molar refractivity (Wildman–Crippen MR) is 56.7 cm³/mol. The van der Waals surface area contributed by atoms with E-state index in [4.69, 9.17) is 0 Å². The molecule has 0 aliphatic carbocycles. The molecule has 74 valence electrons. The van der Waals surface area contributed by atoms with Gasteiger partial charge in [0.25, 0.3) is 5.56 Å². The van der Waals surface area contributed by atoms with Gasteiger partial charge in [-0.3, -0.25) is 4.79 Å². The molecule has 0 bridgehead atoms. The fourth-order valence-corrected chi connectivity index (χ4v) is 2.23. The molecule has 1 N–H and O–H groups in total. The normalized spacial score (nSPS) is 12.2. The first kappa shape index (κ1) is 9.33. The van der Waals surface area contributed by atoms with Crippen LogP contribution < -0.4 is 5.56 Å². The minimum atomic E-state index is -0.117. The van der Waals surface area contributed by atoms with Crippen LogP contribution in [0.1, 0.15) is 26.5 Å². The molecule has 2 aromatic heterocycles. The van der Waals surface area contributed by atoms with Crippen molar-refractivity contribution in [1.29, 1.82) is 0 Å². The smallest absolute Gasteiger partial charge is 0.261 e. The summed E-state index contributed by atoms with van der Waals surface area (Å²) in [7, 11) is 0. The molecule has 0 atom stereocenters. The molecule has 0 aliphatic heterocycles. The number of hydrogen-bond donors (Lipinski definition) is 1. The number of fused-ring (bicyclic) bond motifs is 1. The second-order valence-corrected chi connectivity index (χ2v) is 4.94. The molecule has 0 fully saturated rings. The van der Waals surface area contributed by atoms with E-state index < -0.39 is 0 Å². The molecule has 0 radical (unpaired) electrons. The highest BCUT2D eigenvalue weighted by Gasteiger charge is 2.22. The average Bonchev–Trinajstić information content (AvgIpc) is 2.47. The zero-order valence-electron chi connectivity index (χ0n) is 8.29. The van der Waals surface area contributed by atoms with Gasteiger partial charge in [-0.15, -0.1) is 0 Å². The summed E-state index contributed by atoms with van der Waals surface area (Å²) >= 11 is 1.27. The summed E-state index contributed by atoms with van der Waals surface area (Å²) in [5, 5.41) is 0.630. The van der Waals surface area contributed by atoms with E-state index in [1.54, 1.807) is 0 Å². The maximum Gasteiger partial charge on any atom is 0.261 e. The number of aromatic nitrogens is 3. The largest absolute Gasteiger partial charge is 0.312 e. The summed E-state index contributed by atoms with van der Waals surface area (Å²) in [5.74, 6) is 0. The van der Waals surface area contributed by atoms with Crippen molar-refractivity contribution in [1.82, 2.24) is 14.3 Å². The number of hydrogen-bond acceptors (Lipinski definition) is 4. The molecule has 0 saturated heterocycles. The number of nitrogens with one attached hydrogen (secondary N) is 1. The Morgan fingerprint density at radius 2 is 2.14 bits per heavy atom. The van der Waals surface area contributed by atoms with Gasteiger partial charge in [-0.2, -0.15) is 4.37 Å². The quantitative estimate of drug-likeness (QED) is 0.718. The average molecular weight is 209 g/mol. The van der Waals surface area contributed by atoms with Crippen LogP contribution >= 0.6 is 11.5 Å². The first-order chi connectivity index (χ1) is 6.50. The summed E-state index contributed by atoms with van der Waals surface area (Å²) < 4.78 is 4.29. The van der Waals surface area contributed by atoms with Crippen molar-refractivity contribution in [2.24, 2.45) is 0 Å². The SMILES string of the molecule is CC(C)(C)c1nsc2nc[nH]c(=O)c12. The van der Waals surface area contributed by atoms with Gasteiger partial charge in [0.15, 0.2) is 4.83 Å². The van der Waals surface area contributed by atoms with Crippen LogP contribution in [-0.2, 0) is 5.41 Å². The highest BCUT2D eigenvalue weighted by molar-refractivity contribution is 7.12. The van der Waals surface area contributed by atoms with Gasteiger partial charge < -0.3 is 4.98 Å². The predicted octanol–water partition coefficient (Wildman–Crippen LogP) is 1.68. The van der Waals surface area contributed by atoms with Crippen molar-refractivity contribution in [3.05, 3.63) is 22.4 Å². The highest BCUT2D eigenvalue weighted by Crippen LogP contribution is 2.27. The molecule has 0 unspecified atom stereocenters. The van der Waals surface area contributed by atoms with Crippen molar-refractivity contribution in [3.8, 4) is 0 Å². The summed E-state index contributed by atoms with van der Waals surface area (Å²) in [4.78, 5) is 18.9. The van der Waals surface area contributed by atoms with Crippen LogP contribution in [0, 0.1) is 0 Å². The van der Waals surface area contributed by atoms with E-state index in [1.165, 1.54) is 17.9 Å².